The Hall–Kier alpha value is -0.970. The molecule has 0 aromatic rings. The van der Waals surface area contributed by atoms with Crippen LogP contribution in [0.3, 0.4) is 0 Å². The molecule has 13 nitrogen and oxygen atoms in total. The molecule has 318 valence electrons. The molecule has 0 heterocycles. The van der Waals surface area contributed by atoms with Gasteiger partial charge in [0.05, 0.1) is 139 Å². The van der Waals surface area contributed by atoms with E-state index in [1.165, 1.54) is 57.8 Å². The zero-order valence-electron chi connectivity index (χ0n) is 34.0. The summed E-state index contributed by atoms with van der Waals surface area (Å²) < 4.78 is 65.7. The first-order valence-electron chi connectivity index (χ1n) is 20.8. The summed E-state index contributed by atoms with van der Waals surface area (Å²) >= 11 is 0. The van der Waals surface area contributed by atoms with Gasteiger partial charge in [-0.05, 0) is 12.8 Å². The molecular formula is C40H80O13. The second kappa shape index (κ2) is 49.0. The van der Waals surface area contributed by atoms with Crippen molar-refractivity contribution in [3.8, 4) is 0 Å². The molecule has 0 rings (SSSR count). The molecule has 0 saturated carbocycles. The summed E-state index contributed by atoms with van der Waals surface area (Å²) in [5.41, 5.74) is 0. The Labute approximate surface area is 322 Å². The van der Waals surface area contributed by atoms with Crippen molar-refractivity contribution in [2.45, 2.75) is 104 Å². The summed E-state index contributed by atoms with van der Waals surface area (Å²) in [5, 5.41) is 0. The van der Waals surface area contributed by atoms with Crippen LogP contribution in [0.25, 0.3) is 0 Å². The summed E-state index contributed by atoms with van der Waals surface area (Å²) in [4.78, 5) is 11.5. The SMILES string of the molecule is CCCCCCCCCCCCOCCOCCOCCOCCOCCOCCOCCOCCOCCOCCOCCOC(=O)CCCCC. The number of esters is 1. The van der Waals surface area contributed by atoms with Gasteiger partial charge in [-0.2, -0.15) is 0 Å². The number of rotatable bonds is 48. The minimum atomic E-state index is -0.158. The van der Waals surface area contributed by atoms with Crippen molar-refractivity contribution in [2.75, 3.05) is 152 Å². The molecule has 0 atom stereocenters. The maximum atomic E-state index is 11.5. The first-order valence-corrected chi connectivity index (χ1v) is 20.8. The van der Waals surface area contributed by atoms with Gasteiger partial charge in [0.2, 0.25) is 0 Å². The van der Waals surface area contributed by atoms with Crippen molar-refractivity contribution in [1.29, 1.82) is 0 Å². The van der Waals surface area contributed by atoms with E-state index in [0.29, 0.717) is 145 Å². The average molecular weight is 769 g/mol. The Morgan fingerprint density at radius 3 is 0.792 bits per heavy atom. The van der Waals surface area contributed by atoms with Crippen LogP contribution in [0.4, 0.5) is 0 Å². The van der Waals surface area contributed by atoms with Crippen molar-refractivity contribution < 1.29 is 61.6 Å². The molecule has 0 aliphatic heterocycles. The second-order valence-corrected chi connectivity index (χ2v) is 12.6. The highest BCUT2D eigenvalue weighted by Gasteiger charge is 2.02. The van der Waals surface area contributed by atoms with Crippen molar-refractivity contribution in [2.24, 2.45) is 0 Å². The number of ether oxygens (including phenoxy) is 12. The lowest BCUT2D eigenvalue weighted by Crippen LogP contribution is -2.15. The molecular weight excluding hydrogens is 688 g/mol. The van der Waals surface area contributed by atoms with Crippen molar-refractivity contribution in [3.63, 3.8) is 0 Å². The van der Waals surface area contributed by atoms with Gasteiger partial charge < -0.3 is 56.8 Å². The number of hydrogen-bond acceptors (Lipinski definition) is 13. The molecule has 0 aliphatic rings. The van der Waals surface area contributed by atoms with Crippen LogP contribution < -0.4 is 0 Å². The molecule has 0 bridgehead atoms. The van der Waals surface area contributed by atoms with Crippen LogP contribution in [0.2, 0.25) is 0 Å². The van der Waals surface area contributed by atoms with E-state index in [0.717, 1.165) is 32.3 Å². The number of unbranched alkanes of at least 4 members (excludes halogenated alkanes) is 11. The van der Waals surface area contributed by atoms with Gasteiger partial charge in [-0.15, -0.1) is 0 Å². The first-order chi connectivity index (χ1) is 26.3. The van der Waals surface area contributed by atoms with Crippen LogP contribution >= 0.6 is 0 Å². The smallest absolute Gasteiger partial charge is 0.305 e. The summed E-state index contributed by atoms with van der Waals surface area (Å²) in [5.74, 6) is -0.158. The molecule has 0 amide bonds. The van der Waals surface area contributed by atoms with Crippen LogP contribution in [0.1, 0.15) is 104 Å². The highest BCUT2D eigenvalue weighted by atomic mass is 16.6. The first kappa shape index (κ1) is 52.0. The van der Waals surface area contributed by atoms with E-state index < -0.39 is 0 Å². The second-order valence-electron chi connectivity index (χ2n) is 12.6. The van der Waals surface area contributed by atoms with Gasteiger partial charge in [0.15, 0.2) is 0 Å². The molecule has 0 N–H and O–H groups in total. The highest BCUT2D eigenvalue weighted by molar-refractivity contribution is 5.69. The molecule has 0 aromatic carbocycles. The summed E-state index contributed by atoms with van der Waals surface area (Å²) in [7, 11) is 0. The maximum absolute atomic E-state index is 11.5. The van der Waals surface area contributed by atoms with Crippen LogP contribution in [-0.2, 0) is 61.6 Å². The number of carbonyl (C=O) groups is 1. The van der Waals surface area contributed by atoms with E-state index in [1.807, 2.05) is 0 Å². The Morgan fingerprint density at radius 2 is 0.491 bits per heavy atom. The van der Waals surface area contributed by atoms with Crippen molar-refractivity contribution in [3.05, 3.63) is 0 Å². The standard InChI is InChI=1S/C40H80O13/c1-3-5-7-8-9-10-11-12-13-15-17-42-18-19-43-20-21-44-22-23-45-24-25-46-26-27-47-28-29-48-30-31-49-32-33-50-34-35-51-36-37-52-38-39-53-40(41)16-14-6-4-2/h3-39H2,1-2H3. The zero-order chi connectivity index (χ0) is 38.2. The van der Waals surface area contributed by atoms with E-state index in [4.69, 9.17) is 56.8 Å². The van der Waals surface area contributed by atoms with Crippen LogP contribution in [-0.4, -0.2) is 158 Å². The zero-order valence-corrected chi connectivity index (χ0v) is 34.0. The molecule has 0 unspecified atom stereocenters. The summed E-state index contributed by atoms with van der Waals surface area (Å²) in [6, 6.07) is 0. The number of carbonyl (C=O) groups excluding carboxylic acids is 1. The molecule has 53 heavy (non-hydrogen) atoms. The summed E-state index contributed by atoms with van der Waals surface area (Å²) in [6.07, 6.45) is 16.9. The average Bonchev–Trinajstić information content (AvgIpc) is 3.16. The Balaban J connectivity index is 3.07. The number of hydrogen-bond donors (Lipinski definition) is 0. The quantitative estimate of drug-likeness (QED) is 0.0515. The van der Waals surface area contributed by atoms with E-state index in [2.05, 4.69) is 13.8 Å². The lowest BCUT2D eigenvalue weighted by molar-refractivity contribution is -0.145. The lowest BCUT2D eigenvalue weighted by Gasteiger charge is -2.09. The van der Waals surface area contributed by atoms with E-state index >= 15 is 0 Å². The Bertz CT molecular complexity index is 675. The molecule has 0 saturated heterocycles. The molecule has 13 heteroatoms. The third-order valence-electron chi connectivity index (χ3n) is 7.84. The van der Waals surface area contributed by atoms with Crippen LogP contribution in [0.15, 0.2) is 0 Å². The Morgan fingerprint density at radius 1 is 0.264 bits per heavy atom. The predicted molar refractivity (Wildman–Crippen MR) is 206 cm³/mol. The normalized spacial score (nSPS) is 11.5. The molecule has 0 spiro atoms. The topological polar surface area (TPSA) is 128 Å². The highest BCUT2D eigenvalue weighted by Crippen LogP contribution is 2.10. The van der Waals surface area contributed by atoms with Gasteiger partial charge in [0.1, 0.15) is 6.61 Å². The fourth-order valence-electron chi connectivity index (χ4n) is 4.80. The van der Waals surface area contributed by atoms with Gasteiger partial charge in [-0.25, -0.2) is 0 Å². The van der Waals surface area contributed by atoms with E-state index in [-0.39, 0.29) is 12.6 Å². The van der Waals surface area contributed by atoms with Gasteiger partial charge in [0, 0.05) is 13.0 Å². The van der Waals surface area contributed by atoms with Gasteiger partial charge >= 0.3 is 5.97 Å². The van der Waals surface area contributed by atoms with Gasteiger partial charge in [0.25, 0.3) is 0 Å². The third kappa shape index (κ3) is 49.0. The molecule has 0 radical (unpaired) electrons. The van der Waals surface area contributed by atoms with Gasteiger partial charge in [-0.1, -0.05) is 84.5 Å². The van der Waals surface area contributed by atoms with E-state index in [1.54, 1.807) is 0 Å². The molecule has 0 aliphatic carbocycles. The Kier molecular flexibility index (Phi) is 48.2. The van der Waals surface area contributed by atoms with Crippen molar-refractivity contribution >= 4 is 5.97 Å². The van der Waals surface area contributed by atoms with Crippen LogP contribution in [0, 0.1) is 0 Å². The van der Waals surface area contributed by atoms with Gasteiger partial charge in [-0.3, -0.25) is 4.79 Å². The maximum Gasteiger partial charge on any atom is 0.305 e. The third-order valence-corrected chi connectivity index (χ3v) is 7.84. The minimum absolute atomic E-state index is 0.158. The minimum Gasteiger partial charge on any atom is -0.463 e. The van der Waals surface area contributed by atoms with Crippen LogP contribution in [0.5, 0.6) is 0 Å². The largest absolute Gasteiger partial charge is 0.463 e. The molecule has 0 fully saturated rings. The fraction of sp³-hybridized carbons (Fsp3) is 0.975. The molecule has 0 aromatic heterocycles. The lowest BCUT2D eigenvalue weighted by atomic mass is 10.1. The van der Waals surface area contributed by atoms with E-state index in [9.17, 15) is 4.79 Å². The predicted octanol–water partition coefficient (Wildman–Crippen LogP) is 6.21. The monoisotopic (exact) mass is 769 g/mol. The fourth-order valence-corrected chi connectivity index (χ4v) is 4.80. The summed E-state index contributed by atoms with van der Waals surface area (Å²) in [6.45, 7) is 16.3. The van der Waals surface area contributed by atoms with Crippen molar-refractivity contribution in [1.82, 2.24) is 0 Å².